The van der Waals surface area contributed by atoms with Gasteiger partial charge >= 0.3 is 0 Å². The van der Waals surface area contributed by atoms with Crippen LogP contribution in [0.2, 0.25) is 0 Å². The minimum Gasteiger partial charge on any atom is -0.508 e. The van der Waals surface area contributed by atoms with Crippen molar-refractivity contribution in [1.82, 2.24) is 4.90 Å². The second-order valence-corrected chi connectivity index (χ2v) is 10.9. The Hall–Kier alpha value is -3.25. The van der Waals surface area contributed by atoms with Crippen molar-refractivity contribution in [2.45, 2.75) is 84.5 Å². The second kappa shape index (κ2) is 11.0. The Bertz CT molecular complexity index is 1210. The van der Waals surface area contributed by atoms with Crippen LogP contribution in [0.4, 0.5) is 0 Å². The molecule has 1 amide bonds. The van der Waals surface area contributed by atoms with Crippen molar-refractivity contribution < 1.29 is 24.9 Å². The lowest BCUT2D eigenvalue weighted by molar-refractivity contribution is -0.0599. The summed E-state index contributed by atoms with van der Waals surface area (Å²) in [4.78, 5) is 14.9. The Morgan fingerprint density at radius 3 is 2.54 bits per heavy atom. The summed E-state index contributed by atoms with van der Waals surface area (Å²) in [6.45, 7) is 9.20. The van der Waals surface area contributed by atoms with Crippen molar-refractivity contribution in [2.75, 3.05) is 6.54 Å². The molecule has 3 N–H and O–H groups in total. The number of benzene rings is 2. The lowest BCUT2D eigenvalue weighted by Crippen LogP contribution is -2.49. The maximum Gasteiger partial charge on any atom is 0.254 e. The fourth-order valence-electron chi connectivity index (χ4n) is 5.16. The number of carbonyl (C=O) groups is 1. The summed E-state index contributed by atoms with van der Waals surface area (Å²) >= 11 is 0. The number of rotatable bonds is 9. The Morgan fingerprint density at radius 2 is 1.84 bits per heavy atom. The molecule has 0 saturated carbocycles. The van der Waals surface area contributed by atoms with Gasteiger partial charge in [0.25, 0.3) is 5.91 Å². The van der Waals surface area contributed by atoms with Gasteiger partial charge in [0, 0.05) is 24.1 Å². The van der Waals surface area contributed by atoms with E-state index < -0.39 is 11.7 Å². The van der Waals surface area contributed by atoms with E-state index in [0.29, 0.717) is 42.8 Å². The van der Waals surface area contributed by atoms with Gasteiger partial charge < -0.3 is 25.0 Å². The first-order valence-corrected chi connectivity index (χ1v) is 13.2. The summed E-state index contributed by atoms with van der Waals surface area (Å²) in [5, 5.41) is 31.2. The first-order valence-electron chi connectivity index (χ1n) is 13.2. The van der Waals surface area contributed by atoms with Gasteiger partial charge in [-0.15, -0.1) is 0 Å². The zero-order valence-electron chi connectivity index (χ0n) is 22.4. The highest BCUT2D eigenvalue weighted by Gasteiger charge is 2.44. The molecule has 0 bridgehead atoms. The molecule has 2 aliphatic rings. The van der Waals surface area contributed by atoms with E-state index in [1.165, 1.54) is 17.2 Å². The van der Waals surface area contributed by atoms with Crippen molar-refractivity contribution in [2.24, 2.45) is 0 Å². The molecule has 0 aliphatic carbocycles. The number of aliphatic hydroxyl groups is 1. The molecule has 2 aromatic carbocycles. The number of fused-ring (bicyclic) bond motifs is 3. The van der Waals surface area contributed by atoms with E-state index in [1.807, 2.05) is 19.1 Å². The Morgan fingerprint density at radius 1 is 1.11 bits per heavy atom. The minimum absolute atomic E-state index is 0.00130. The molecule has 0 aromatic heterocycles. The van der Waals surface area contributed by atoms with Crippen LogP contribution in [0.25, 0.3) is 0 Å². The number of allylic oxidation sites excluding steroid dienone is 4. The summed E-state index contributed by atoms with van der Waals surface area (Å²) in [6.07, 6.45) is 8.10. The van der Waals surface area contributed by atoms with Crippen LogP contribution < -0.4 is 4.74 Å². The number of aromatic hydroxyl groups is 2. The standard InChI is InChI=1S/C31H39NO5/c1-20(2)7-5-8-21(3)9-6-15-31(4)28(35)18-25-27(34)17-24-26(29(25)37-31)19-32(30(24)36)16-14-22-10-12-23(33)13-11-22/h7,9-13,17,28,33-35H,5-6,8,14-16,18-19H2,1-4H3/b21-9+/t28-,31+/m1/s1. The lowest BCUT2D eigenvalue weighted by atomic mass is 9.84. The molecule has 0 radical (unpaired) electrons. The molecule has 6 heteroatoms. The summed E-state index contributed by atoms with van der Waals surface area (Å²) in [5.74, 6) is 0.636. The molecular formula is C31H39NO5. The van der Waals surface area contributed by atoms with Crippen LogP contribution in [-0.2, 0) is 19.4 Å². The lowest BCUT2D eigenvalue weighted by Gasteiger charge is -2.40. The summed E-state index contributed by atoms with van der Waals surface area (Å²) in [7, 11) is 0. The highest BCUT2D eigenvalue weighted by molar-refractivity contribution is 6.00. The van der Waals surface area contributed by atoms with Gasteiger partial charge in [0.1, 0.15) is 22.8 Å². The van der Waals surface area contributed by atoms with Crippen LogP contribution in [0.3, 0.4) is 0 Å². The monoisotopic (exact) mass is 505 g/mol. The number of phenolic OH excluding ortho intramolecular Hbond substituents is 2. The topological polar surface area (TPSA) is 90.2 Å². The fraction of sp³-hybridized carbons (Fsp3) is 0.452. The molecule has 198 valence electrons. The van der Waals surface area contributed by atoms with Crippen molar-refractivity contribution in [3.63, 3.8) is 0 Å². The summed E-state index contributed by atoms with van der Waals surface area (Å²) in [5.41, 5.74) is 4.69. The van der Waals surface area contributed by atoms with Crippen LogP contribution in [0.15, 0.2) is 53.6 Å². The van der Waals surface area contributed by atoms with E-state index in [-0.39, 0.29) is 23.8 Å². The summed E-state index contributed by atoms with van der Waals surface area (Å²) < 4.78 is 6.47. The number of ether oxygens (including phenoxy) is 1. The van der Waals surface area contributed by atoms with Gasteiger partial charge in [-0.25, -0.2) is 0 Å². The molecule has 37 heavy (non-hydrogen) atoms. The maximum absolute atomic E-state index is 13.2. The fourth-order valence-corrected chi connectivity index (χ4v) is 5.16. The zero-order chi connectivity index (χ0) is 26.7. The van der Waals surface area contributed by atoms with Gasteiger partial charge in [-0.1, -0.05) is 35.4 Å². The molecule has 0 fully saturated rings. The maximum atomic E-state index is 13.2. The van der Waals surface area contributed by atoms with E-state index in [1.54, 1.807) is 17.0 Å². The third kappa shape index (κ3) is 6.02. The predicted molar refractivity (Wildman–Crippen MR) is 145 cm³/mol. The van der Waals surface area contributed by atoms with Crippen LogP contribution in [0, 0.1) is 0 Å². The van der Waals surface area contributed by atoms with Crippen LogP contribution in [0.5, 0.6) is 17.2 Å². The smallest absolute Gasteiger partial charge is 0.254 e. The SMILES string of the molecule is CC(C)=CCC/C(C)=C/CC[C@]1(C)Oc2c(c(O)cc3c2CN(CCc2ccc(O)cc2)C3=O)C[C@H]1O. The molecule has 0 unspecified atom stereocenters. The Balaban J connectivity index is 1.47. The third-order valence-electron chi connectivity index (χ3n) is 7.60. The van der Waals surface area contributed by atoms with E-state index in [0.717, 1.165) is 30.4 Å². The van der Waals surface area contributed by atoms with Gasteiger partial charge in [0.05, 0.1) is 18.2 Å². The van der Waals surface area contributed by atoms with Crippen LogP contribution in [0.1, 0.15) is 80.4 Å². The average molecular weight is 506 g/mol. The first-order chi connectivity index (χ1) is 17.6. The zero-order valence-corrected chi connectivity index (χ0v) is 22.4. The molecule has 0 saturated heterocycles. The molecular weight excluding hydrogens is 466 g/mol. The average Bonchev–Trinajstić information content (AvgIpc) is 3.15. The predicted octanol–water partition coefficient (Wildman–Crippen LogP) is 5.82. The number of nitrogens with zero attached hydrogens (tertiary/aromatic N) is 1. The third-order valence-corrected chi connectivity index (χ3v) is 7.60. The van der Waals surface area contributed by atoms with Crippen molar-refractivity contribution in [1.29, 1.82) is 0 Å². The van der Waals surface area contributed by atoms with Gasteiger partial charge in [-0.05, 0) is 83.6 Å². The van der Waals surface area contributed by atoms with Gasteiger partial charge in [-0.3, -0.25) is 4.79 Å². The van der Waals surface area contributed by atoms with Gasteiger partial charge in [-0.2, -0.15) is 0 Å². The van der Waals surface area contributed by atoms with Gasteiger partial charge in [0.2, 0.25) is 0 Å². The van der Waals surface area contributed by atoms with Crippen LogP contribution in [-0.4, -0.2) is 44.4 Å². The van der Waals surface area contributed by atoms with E-state index in [9.17, 15) is 20.1 Å². The molecule has 2 aromatic rings. The van der Waals surface area contributed by atoms with E-state index in [4.69, 9.17) is 4.74 Å². The van der Waals surface area contributed by atoms with Crippen LogP contribution >= 0.6 is 0 Å². The number of phenols is 2. The highest BCUT2D eigenvalue weighted by Crippen LogP contribution is 2.46. The Kier molecular flexibility index (Phi) is 7.98. The molecule has 4 rings (SSSR count). The summed E-state index contributed by atoms with van der Waals surface area (Å²) in [6, 6.07) is 8.51. The quantitative estimate of drug-likeness (QED) is 0.374. The van der Waals surface area contributed by atoms with Crippen molar-refractivity contribution >= 4 is 5.91 Å². The number of aliphatic hydroxyl groups excluding tert-OH is 1. The normalized spacial score (nSPS) is 20.9. The number of hydrogen-bond donors (Lipinski definition) is 3. The second-order valence-electron chi connectivity index (χ2n) is 10.9. The number of hydrogen-bond acceptors (Lipinski definition) is 5. The number of carbonyl (C=O) groups excluding carboxylic acids is 1. The molecule has 2 atom stereocenters. The minimum atomic E-state index is -0.812. The van der Waals surface area contributed by atoms with Gasteiger partial charge in [0.15, 0.2) is 0 Å². The van der Waals surface area contributed by atoms with E-state index in [2.05, 4.69) is 32.9 Å². The number of amides is 1. The molecule has 0 spiro atoms. The molecule has 6 nitrogen and oxygen atoms in total. The first kappa shape index (κ1) is 26.8. The molecule has 2 heterocycles. The molecule has 2 aliphatic heterocycles. The largest absolute Gasteiger partial charge is 0.508 e. The van der Waals surface area contributed by atoms with Crippen molar-refractivity contribution in [3.8, 4) is 17.2 Å². The Labute approximate surface area is 219 Å². The highest BCUT2D eigenvalue weighted by atomic mass is 16.5. The van der Waals surface area contributed by atoms with E-state index >= 15 is 0 Å². The van der Waals surface area contributed by atoms with Crippen molar-refractivity contribution in [3.05, 3.63) is 75.9 Å².